The van der Waals surface area contributed by atoms with Gasteiger partial charge in [0.25, 0.3) is 0 Å². The van der Waals surface area contributed by atoms with Crippen LogP contribution in [0.25, 0.3) is 0 Å². The molecule has 1 aliphatic heterocycles. The minimum Gasteiger partial charge on any atom is -0.496 e. The van der Waals surface area contributed by atoms with Gasteiger partial charge in [-0.25, -0.2) is 18.1 Å². The van der Waals surface area contributed by atoms with Crippen molar-refractivity contribution in [2.75, 3.05) is 26.7 Å². The molecular formula is C19H23BrClN3O3S. The molecule has 0 bridgehead atoms. The first-order valence-corrected chi connectivity index (χ1v) is 11.8. The van der Waals surface area contributed by atoms with Crippen molar-refractivity contribution in [1.82, 2.24) is 14.6 Å². The second kappa shape index (κ2) is 9.54. The van der Waals surface area contributed by atoms with Gasteiger partial charge in [-0.3, -0.25) is 4.90 Å². The Balaban J connectivity index is 1.88. The number of benzene rings is 1. The van der Waals surface area contributed by atoms with E-state index in [0.717, 1.165) is 37.2 Å². The number of aromatic nitrogens is 1. The molecule has 3 rings (SSSR count). The summed E-state index contributed by atoms with van der Waals surface area (Å²) < 4.78 is 34.5. The summed E-state index contributed by atoms with van der Waals surface area (Å²) in [5.74, 6) is 0.749. The number of piperidine rings is 1. The number of sulfonamides is 1. The highest BCUT2D eigenvalue weighted by molar-refractivity contribution is 9.10. The Hall–Kier alpha value is -1.19. The predicted molar refractivity (Wildman–Crippen MR) is 113 cm³/mol. The van der Waals surface area contributed by atoms with Gasteiger partial charge < -0.3 is 4.74 Å². The van der Waals surface area contributed by atoms with Gasteiger partial charge in [-0.05, 0) is 54.0 Å². The van der Waals surface area contributed by atoms with Crippen LogP contribution >= 0.6 is 27.5 Å². The number of halogens is 2. The van der Waals surface area contributed by atoms with E-state index in [1.165, 1.54) is 18.7 Å². The topological polar surface area (TPSA) is 71.5 Å². The maximum Gasteiger partial charge on any atom is 0.243 e. The number of para-hydroxylation sites is 1. The molecule has 1 fully saturated rings. The monoisotopic (exact) mass is 487 g/mol. The highest BCUT2D eigenvalue weighted by Crippen LogP contribution is 2.31. The lowest BCUT2D eigenvalue weighted by Crippen LogP contribution is -2.40. The zero-order valence-corrected chi connectivity index (χ0v) is 18.7. The number of methoxy groups -OCH3 is 1. The molecule has 1 aromatic carbocycles. The summed E-state index contributed by atoms with van der Waals surface area (Å²) in [6, 6.07) is 9.06. The Bertz CT molecular complexity index is 920. The Kier molecular flexibility index (Phi) is 7.33. The van der Waals surface area contributed by atoms with E-state index in [-0.39, 0.29) is 22.6 Å². The number of ether oxygens (including phenoxy) is 1. The van der Waals surface area contributed by atoms with Crippen molar-refractivity contribution in [2.45, 2.75) is 30.2 Å². The fourth-order valence-corrected chi connectivity index (χ4v) is 5.45. The van der Waals surface area contributed by atoms with E-state index in [1.807, 2.05) is 24.3 Å². The zero-order valence-electron chi connectivity index (χ0n) is 15.6. The van der Waals surface area contributed by atoms with E-state index in [1.54, 1.807) is 7.11 Å². The maximum atomic E-state index is 12.9. The van der Waals surface area contributed by atoms with Gasteiger partial charge in [0.05, 0.1) is 13.2 Å². The van der Waals surface area contributed by atoms with E-state index < -0.39 is 10.0 Å². The molecule has 1 unspecified atom stereocenters. The van der Waals surface area contributed by atoms with Crippen molar-refractivity contribution in [3.63, 3.8) is 0 Å². The molecule has 1 aromatic heterocycles. The second-order valence-electron chi connectivity index (χ2n) is 6.65. The Morgan fingerprint density at radius 1 is 1.29 bits per heavy atom. The van der Waals surface area contributed by atoms with Crippen LogP contribution in [0.15, 0.2) is 45.9 Å². The summed E-state index contributed by atoms with van der Waals surface area (Å²) in [6.07, 6.45) is 4.85. The summed E-state index contributed by atoms with van der Waals surface area (Å²) in [5, 5.41) is -0.0532. The van der Waals surface area contributed by atoms with Crippen LogP contribution in [-0.4, -0.2) is 45.0 Å². The first-order valence-electron chi connectivity index (χ1n) is 9.10. The Morgan fingerprint density at radius 3 is 2.71 bits per heavy atom. The van der Waals surface area contributed by atoms with Gasteiger partial charge in [-0.2, -0.15) is 0 Å². The standard InChI is InChI=1S/C19H23BrClN3O3S/c1-27-17-8-4-3-7-15(17)16(24-9-5-2-6-10-24)13-23-28(25,26)18-11-14(20)12-22-19(18)21/h3-4,7-8,11-12,16,23H,2,5-6,9-10,13H2,1H3. The summed E-state index contributed by atoms with van der Waals surface area (Å²) in [5.41, 5.74) is 0.966. The summed E-state index contributed by atoms with van der Waals surface area (Å²) in [6.45, 7) is 2.05. The molecular weight excluding hydrogens is 466 g/mol. The molecule has 152 valence electrons. The molecule has 2 heterocycles. The molecule has 9 heteroatoms. The van der Waals surface area contributed by atoms with E-state index in [9.17, 15) is 8.42 Å². The van der Waals surface area contributed by atoms with E-state index >= 15 is 0 Å². The highest BCUT2D eigenvalue weighted by Gasteiger charge is 2.28. The lowest BCUT2D eigenvalue weighted by molar-refractivity contribution is 0.162. The van der Waals surface area contributed by atoms with Gasteiger partial charge in [0.2, 0.25) is 10.0 Å². The first-order chi connectivity index (χ1) is 13.4. The van der Waals surface area contributed by atoms with Crippen LogP contribution in [0.4, 0.5) is 0 Å². The number of hydrogen-bond donors (Lipinski definition) is 1. The summed E-state index contributed by atoms with van der Waals surface area (Å²) in [7, 11) is -2.19. The summed E-state index contributed by atoms with van der Waals surface area (Å²) >= 11 is 9.28. The van der Waals surface area contributed by atoms with Gasteiger partial charge in [0.15, 0.2) is 0 Å². The van der Waals surface area contributed by atoms with Crippen LogP contribution in [-0.2, 0) is 10.0 Å². The molecule has 28 heavy (non-hydrogen) atoms. The van der Waals surface area contributed by atoms with Gasteiger partial charge in [-0.1, -0.05) is 36.2 Å². The Morgan fingerprint density at radius 2 is 2.00 bits per heavy atom. The molecule has 6 nitrogen and oxygen atoms in total. The number of hydrogen-bond acceptors (Lipinski definition) is 5. The van der Waals surface area contributed by atoms with Crippen LogP contribution < -0.4 is 9.46 Å². The maximum absolute atomic E-state index is 12.9. The third-order valence-corrected chi connectivity index (χ3v) is 7.14. The second-order valence-corrected chi connectivity index (χ2v) is 9.66. The molecule has 1 saturated heterocycles. The van der Waals surface area contributed by atoms with E-state index in [4.69, 9.17) is 16.3 Å². The number of rotatable bonds is 7. The zero-order chi connectivity index (χ0) is 20.1. The van der Waals surface area contributed by atoms with E-state index in [2.05, 4.69) is 30.5 Å². The van der Waals surface area contributed by atoms with Crippen LogP contribution in [0.2, 0.25) is 5.15 Å². The minimum atomic E-state index is -3.82. The van der Waals surface area contributed by atoms with Crippen molar-refractivity contribution < 1.29 is 13.2 Å². The molecule has 1 aliphatic rings. The van der Waals surface area contributed by atoms with Gasteiger partial charge in [-0.15, -0.1) is 0 Å². The van der Waals surface area contributed by atoms with Crippen LogP contribution in [0.1, 0.15) is 30.9 Å². The van der Waals surface area contributed by atoms with Crippen LogP contribution in [0, 0.1) is 0 Å². The molecule has 0 radical (unpaired) electrons. The fraction of sp³-hybridized carbons (Fsp3) is 0.421. The van der Waals surface area contributed by atoms with Crippen molar-refractivity contribution in [3.05, 3.63) is 51.7 Å². The van der Waals surface area contributed by atoms with E-state index in [0.29, 0.717) is 4.47 Å². The average molecular weight is 489 g/mol. The largest absolute Gasteiger partial charge is 0.496 e. The molecule has 0 amide bonds. The third-order valence-electron chi connectivity index (χ3n) is 4.86. The fourth-order valence-electron chi connectivity index (χ4n) is 3.47. The van der Waals surface area contributed by atoms with Gasteiger partial charge in [0.1, 0.15) is 15.8 Å². The average Bonchev–Trinajstić information content (AvgIpc) is 2.71. The normalized spacial score (nSPS) is 16.7. The van der Waals surface area contributed by atoms with Crippen LogP contribution in [0.5, 0.6) is 5.75 Å². The molecule has 0 saturated carbocycles. The highest BCUT2D eigenvalue weighted by atomic mass is 79.9. The lowest BCUT2D eigenvalue weighted by atomic mass is 10.0. The molecule has 1 atom stereocenters. The predicted octanol–water partition coefficient (Wildman–Crippen LogP) is 4.01. The third kappa shape index (κ3) is 5.04. The minimum absolute atomic E-state index is 0.0408. The molecule has 0 spiro atoms. The smallest absolute Gasteiger partial charge is 0.243 e. The quantitative estimate of drug-likeness (QED) is 0.596. The van der Waals surface area contributed by atoms with Crippen molar-refractivity contribution in [3.8, 4) is 5.75 Å². The summed E-state index contributed by atoms with van der Waals surface area (Å²) in [4.78, 5) is 6.19. The number of nitrogens with one attached hydrogen (secondary N) is 1. The molecule has 0 aliphatic carbocycles. The molecule has 2 aromatic rings. The Labute approximate surface area is 179 Å². The number of nitrogens with zero attached hydrogens (tertiary/aromatic N) is 2. The van der Waals surface area contributed by atoms with Gasteiger partial charge >= 0.3 is 0 Å². The van der Waals surface area contributed by atoms with Gasteiger partial charge in [0, 0.05) is 22.8 Å². The van der Waals surface area contributed by atoms with Crippen molar-refractivity contribution >= 4 is 37.6 Å². The SMILES string of the molecule is COc1ccccc1C(CNS(=O)(=O)c1cc(Br)cnc1Cl)N1CCCCC1. The first kappa shape index (κ1) is 21.5. The van der Waals surface area contributed by atoms with Crippen molar-refractivity contribution in [1.29, 1.82) is 0 Å². The molecule has 1 N–H and O–H groups in total. The number of pyridine rings is 1. The van der Waals surface area contributed by atoms with Crippen LogP contribution in [0.3, 0.4) is 0 Å². The van der Waals surface area contributed by atoms with Crippen molar-refractivity contribution in [2.24, 2.45) is 0 Å². The number of likely N-dealkylation sites (tertiary alicyclic amines) is 1. The lowest BCUT2D eigenvalue weighted by Gasteiger charge is -2.35.